The first-order valence-electron chi connectivity index (χ1n) is 3.23. The Labute approximate surface area is 66.6 Å². The number of Topliss-reactive ketones (excluding diaryl/α,β-unsaturated/α-hetero) is 1. The molecule has 0 saturated carbocycles. The Bertz CT molecular complexity index is 144. The van der Waals surface area contributed by atoms with Crippen molar-refractivity contribution in [1.82, 2.24) is 0 Å². The summed E-state index contributed by atoms with van der Waals surface area (Å²) in [6, 6.07) is 0. The highest BCUT2D eigenvalue weighted by molar-refractivity contribution is 8.00. The van der Waals surface area contributed by atoms with Crippen LogP contribution in [0.2, 0.25) is 0 Å². The van der Waals surface area contributed by atoms with Crippen molar-refractivity contribution in [3.05, 3.63) is 0 Å². The van der Waals surface area contributed by atoms with Gasteiger partial charge in [0.1, 0.15) is 0 Å². The molecule has 0 aromatic carbocycles. The van der Waals surface area contributed by atoms with Gasteiger partial charge in [-0.15, -0.1) is 6.42 Å². The number of rotatable bonds is 4. The molecule has 0 aliphatic heterocycles. The van der Waals surface area contributed by atoms with E-state index in [0.717, 1.165) is 0 Å². The van der Waals surface area contributed by atoms with Gasteiger partial charge in [0, 0.05) is 0 Å². The molecule has 56 valence electrons. The smallest absolute Gasteiger partial charge is 0.154 e. The number of carbonyl (C=O) groups is 1. The first kappa shape index (κ1) is 9.58. The van der Waals surface area contributed by atoms with Crippen LogP contribution in [0.25, 0.3) is 0 Å². The number of ketones is 1. The number of hydrogen-bond acceptors (Lipinski definition) is 2. The van der Waals surface area contributed by atoms with Crippen LogP contribution in [-0.4, -0.2) is 16.8 Å². The molecule has 0 aliphatic carbocycles. The van der Waals surface area contributed by atoms with E-state index in [1.165, 1.54) is 0 Å². The van der Waals surface area contributed by atoms with Crippen molar-refractivity contribution in [2.24, 2.45) is 0 Å². The minimum absolute atomic E-state index is 0.154. The summed E-state index contributed by atoms with van der Waals surface area (Å²) in [4.78, 5) is 10.8. The minimum Gasteiger partial charge on any atom is -0.298 e. The van der Waals surface area contributed by atoms with Crippen LogP contribution in [0.3, 0.4) is 0 Å². The zero-order valence-corrected chi connectivity index (χ0v) is 7.20. The molecule has 0 saturated heterocycles. The molecule has 2 heteroatoms. The van der Waals surface area contributed by atoms with Gasteiger partial charge in [-0.25, -0.2) is 0 Å². The van der Waals surface area contributed by atoms with Gasteiger partial charge in [-0.05, 0) is 5.25 Å². The Balaban J connectivity index is 3.33. The summed E-state index contributed by atoms with van der Waals surface area (Å²) < 4.78 is 0. The lowest BCUT2D eigenvalue weighted by Gasteiger charge is -2.00. The van der Waals surface area contributed by atoms with Crippen molar-refractivity contribution in [2.45, 2.75) is 25.5 Å². The van der Waals surface area contributed by atoms with Crippen LogP contribution in [-0.2, 0) is 4.79 Å². The molecular weight excluding hydrogens is 144 g/mol. The first-order chi connectivity index (χ1) is 4.66. The quantitative estimate of drug-likeness (QED) is 0.576. The minimum atomic E-state index is 0.154. The molecule has 0 amide bonds. The summed E-state index contributed by atoms with van der Waals surface area (Å²) in [5.74, 6) is 3.04. The first-order valence-corrected chi connectivity index (χ1v) is 4.28. The topological polar surface area (TPSA) is 17.1 Å². The maximum absolute atomic E-state index is 10.8. The lowest BCUT2D eigenvalue weighted by molar-refractivity contribution is -0.115. The molecule has 1 nitrogen and oxygen atoms in total. The summed E-state index contributed by atoms with van der Waals surface area (Å²) in [6.07, 6.45) is 5.23. The van der Waals surface area contributed by atoms with Crippen LogP contribution in [0.15, 0.2) is 0 Å². The van der Waals surface area contributed by atoms with Crippen molar-refractivity contribution in [2.75, 3.05) is 5.75 Å². The fraction of sp³-hybridized carbons (Fsp3) is 0.625. The summed E-state index contributed by atoms with van der Waals surface area (Å²) in [5, 5.41) is 0.515. The van der Waals surface area contributed by atoms with Crippen LogP contribution < -0.4 is 0 Å². The number of hydrogen-bond donors (Lipinski definition) is 0. The van der Waals surface area contributed by atoms with E-state index in [9.17, 15) is 4.79 Å². The largest absolute Gasteiger partial charge is 0.298 e. The highest BCUT2D eigenvalue weighted by Gasteiger charge is 2.00. The van der Waals surface area contributed by atoms with Gasteiger partial charge in [0.2, 0.25) is 0 Å². The van der Waals surface area contributed by atoms with Crippen LogP contribution in [0, 0.1) is 12.3 Å². The predicted molar refractivity (Wildman–Crippen MR) is 46.1 cm³/mol. The van der Waals surface area contributed by atoms with Gasteiger partial charge >= 0.3 is 0 Å². The van der Waals surface area contributed by atoms with Crippen molar-refractivity contribution in [3.8, 4) is 12.3 Å². The maximum atomic E-state index is 10.8. The lowest BCUT2D eigenvalue weighted by Crippen LogP contribution is -2.02. The summed E-state index contributed by atoms with van der Waals surface area (Å²) in [6.45, 7) is 4.13. The SMILES string of the molecule is C#CCC(=O)CSC(C)C. The molecule has 0 unspecified atom stereocenters. The fourth-order valence-corrected chi connectivity index (χ4v) is 1.05. The van der Waals surface area contributed by atoms with E-state index in [4.69, 9.17) is 6.42 Å². The predicted octanol–water partition coefficient (Wildman–Crippen LogP) is 1.72. The Morgan fingerprint density at radius 2 is 2.30 bits per heavy atom. The Hall–Kier alpha value is -0.420. The summed E-state index contributed by atoms with van der Waals surface area (Å²) >= 11 is 1.63. The molecule has 0 aromatic rings. The monoisotopic (exact) mass is 156 g/mol. The highest BCUT2D eigenvalue weighted by atomic mass is 32.2. The fourth-order valence-electron chi connectivity index (χ4n) is 0.424. The van der Waals surface area contributed by atoms with E-state index in [-0.39, 0.29) is 12.2 Å². The van der Waals surface area contributed by atoms with Crippen LogP contribution >= 0.6 is 11.8 Å². The lowest BCUT2D eigenvalue weighted by atomic mass is 10.3. The molecule has 0 aliphatic rings. The average Bonchev–Trinajstić information content (AvgIpc) is 1.85. The number of thioether (sulfide) groups is 1. The van der Waals surface area contributed by atoms with Crippen molar-refractivity contribution in [3.63, 3.8) is 0 Å². The Morgan fingerprint density at radius 1 is 1.70 bits per heavy atom. The van der Waals surface area contributed by atoms with Gasteiger partial charge in [-0.1, -0.05) is 19.8 Å². The molecule has 0 atom stereocenters. The summed E-state index contributed by atoms with van der Waals surface area (Å²) in [5.41, 5.74) is 0. The third-order valence-electron chi connectivity index (χ3n) is 0.877. The van der Waals surface area contributed by atoms with Crippen LogP contribution in [0.5, 0.6) is 0 Å². The van der Waals surface area contributed by atoms with Gasteiger partial charge in [-0.2, -0.15) is 11.8 Å². The zero-order chi connectivity index (χ0) is 7.98. The molecule has 0 aromatic heterocycles. The normalized spacial score (nSPS) is 9.40. The van der Waals surface area contributed by atoms with Crippen molar-refractivity contribution >= 4 is 17.5 Å². The van der Waals surface area contributed by atoms with Gasteiger partial charge in [-0.3, -0.25) is 4.79 Å². The molecule has 0 spiro atoms. The molecule has 10 heavy (non-hydrogen) atoms. The van der Waals surface area contributed by atoms with E-state index < -0.39 is 0 Å². The molecule has 0 heterocycles. The van der Waals surface area contributed by atoms with Gasteiger partial charge in [0.05, 0.1) is 12.2 Å². The molecule has 0 radical (unpaired) electrons. The maximum Gasteiger partial charge on any atom is 0.154 e. The second kappa shape index (κ2) is 5.37. The third-order valence-corrected chi connectivity index (χ3v) is 2.03. The van der Waals surface area contributed by atoms with E-state index in [2.05, 4.69) is 19.8 Å². The molecule has 0 fully saturated rings. The van der Waals surface area contributed by atoms with E-state index >= 15 is 0 Å². The Morgan fingerprint density at radius 3 is 2.70 bits per heavy atom. The highest BCUT2D eigenvalue weighted by Crippen LogP contribution is 2.08. The molecular formula is C8H12OS. The number of terminal acetylenes is 1. The average molecular weight is 156 g/mol. The Kier molecular flexibility index (Phi) is 5.15. The van der Waals surface area contributed by atoms with Crippen LogP contribution in [0.4, 0.5) is 0 Å². The second-order valence-electron chi connectivity index (χ2n) is 2.28. The van der Waals surface area contributed by atoms with Crippen molar-refractivity contribution < 1.29 is 4.79 Å². The molecule has 0 N–H and O–H groups in total. The second-order valence-corrected chi connectivity index (χ2v) is 3.84. The van der Waals surface area contributed by atoms with E-state index in [1.807, 2.05) is 0 Å². The molecule has 0 bridgehead atoms. The van der Waals surface area contributed by atoms with Gasteiger partial charge < -0.3 is 0 Å². The van der Waals surface area contributed by atoms with E-state index in [0.29, 0.717) is 11.0 Å². The standard InChI is InChI=1S/C8H12OS/c1-4-5-8(9)6-10-7(2)3/h1,7H,5-6H2,2-3H3. The summed E-state index contributed by atoms with van der Waals surface area (Å²) in [7, 11) is 0. The van der Waals surface area contributed by atoms with Crippen LogP contribution in [0.1, 0.15) is 20.3 Å². The van der Waals surface area contributed by atoms with Crippen molar-refractivity contribution in [1.29, 1.82) is 0 Å². The number of carbonyl (C=O) groups excluding carboxylic acids is 1. The third kappa shape index (κ3) is 5.71. The van der Waals surface area contributed by atoms with Gasteiger partial charge in [0.15, 0.2) is 5.78 Å². The molecule has 0 rings (SSSR count). The van der Waals surface area contributed by atoms with E-state index in [1.54, 1.807) is 11.8 Å². The zero-order valence-electron chi connectivity index (χ0n) is 6.39. The van der Waals surface area contributed by atoms with Gasteiger partial charge in [0.25, 0.3) is 0 Å².